The Bertz CT molecular complexity index is 648. The zero-order chi connectivity index (χ0) is 12.8. The first-order chi connectivity index (χ1) is 8.64. The number of hydrogen-bond acceptors (Lipinski definition) is 2. The van der Waals surface area contributed by atoms with E-state index in [4.69, 9.17) is 5.73 Å². The predicted octanol–water partition coefficient (Wildman–Crippen LogP) is 3.45. The molecule has 0 saturated heterocycles. The topological polar surface area (TPSA) is 49.8 Å². The van der Waals surface area contributed by atoms with Crippen LogP contribution in [0.15, 0.2) is 36.4 Å². The minimum atomic E-state index is -0.307. The van der Waals surface area contributed by atoms with Crippen LogP contribution in [0.25, 0.3) is 10.8 Å². The van der Waals surface area contributed by atoms with Crippen molar-refractivity contribution in [2.24, 2.45) is 11.1 Å². The highest BCUT2D eigenvalue weighted by Crippen LogP contribution is 2.53. The lowest BCUT2D eigenvalue weighted by Crippen LogP contribution is -2.21. The molecule has 1 atom stereocenters. The third-order valence-electron chi connectivity index (χ3n) is 3.99. The lowest BCUT2D eigenvalue weighted by molar-refractivity contribution is 0.520. The van der Waals surface area contributed by atoms with Crippen LogP contribution in [0.5, 0.6) is 0 Å². The van der Waals surface area contributed by atoms with Crippen molar-refractivity contribution in [2.75, 3.05) is 0 Å². The second-order valence-electron chi connectivity index (χ2n) is 5.36. The Morgan fingerprint density at radius 1 is 1.17 bits per heavy atom. The Hall–Kier alpha value is -1.85. The van der Waals surface area contributed by atoms with Gasteiger partial charge in [0.2, 0.25) is 0 Å². The molecule has 3 rings (SSSR count). The van der Waals surface area contributed by atoms with Gasteiger partial charge in [0.15, 0.2) is 0 Å². The number of benzene rings is 2. The van der Waals surface area contributed by atoms with Crippen molar-refractivity contribution in [2.45, 2.75) is 25.8 Å². The molecule has 0 bridgehead atoms. The second kappa shape index (κ2) is 3.83. The zero-order valence-corrected chi connectivity index (χ0v) is 10.5. The van der Waals surface area contributed by atoms with Crippen molar-refractivity contribution >= 4 is 10.8 Å². The summed E-state index contributed by atoms with van der Waals surface area (Å²) in [7, 11) is 0. The normalized spacial score (nSPS) is 18.3. The van der Waals surface area contributed by atoms with Gasteiger partial charge in [-0.05, 0) is 42.2 Å². The van der Waals surface area contributed by atoms with Crippen LogP contribution in [-0.4, -0.2) is 0 Å². The van der Waals surface area contributed by atoms with Gasteiger partial charge in [-0.2, -0.15) is 5.26 Å². The summed E-state index contributed by atoms with van der Waals surface area (Å²) in [5.74, 6) is 0. The van der Waals surface area contributed by atoms with E-state index in [2.05, 4.69) is 49.4 Å². The van der Waals surface area contributed by atoms with Crippen LogP contribution in [-0.2, 0) is 0 Å². The molecule has 0 aromatic heterocycles. The molecular weight excluding hydrogens is 220 g/mol. The molecule has 0 heterocycles. The standard InChI is InChI=1S/C16H16N2/c1-11-2-3-13-9-14(5-4-12(13)8-11)15(18)16(10-17)6-7-16/h2-5,8-9,15H,6-7,18H2,1H3. The first-order valence-electron chi connectivity index (χ1n) is 6.32. The minimum absolute atomic E-state index is 0.159. The van der Waals surface area contributed by atoms with E-state index >= 15 is 0 Å². The average Bonchev–Trinajstić information content (AvgIpc) is 3.18. The molecule has 1 saturated carbocycles. The van der Waals surface area contributed by atoms with E-state index in [1.807, 2.05) is 0 Å². The quantitative estimate of drug-likeness (QED) is 0.868. The highest BCUT2D eigenvalue weighted by atomic mass is 14.7. The van der Waals surface area contributed by atoms with E-state index < -0.39 is 0 Å². The fourth-order valence-electron chi connectivity index (χ4n) is 2.52. The van der Waals surface area contributed by atoms with Gasteiger partial charge in [0.1, 0.15) is 0 Å². The number of nitrogens with zero attached hydrogens (tertiary/aromatic N) is 1. The third kappa shape index (κ3) is 1.68. The molecule has 2 aromatic rings. The summed E-state index contributed by atoms with van der Waals surface area (Å²) < 4.78 is 0. The molecular formula is C16H16N2. The van der Waals surface area contributed by atoms with Gasteiger partial charge in [0.05, 0.1) is 11.5 Å². The molecule has 2 aromatic carbocycles. The summed E-state index contributed by atoms with van der Waals surface area (Å²) in [4.78, 5) is 0. The molecule has 0 spiro atoms. The van der Waals surface area contributed by atoms with Crippen molar-refractivity contribution in [3.8, 4) is 6.07 Å². The van der Waals surface area contributed by atoms with Crippen LogP contribution >= 0.6 is 0 Å². The van der Waals surface area contributed by atoms with Crippen molar-refractivity contribution < 1.29 is 0 Å². The summed E-state index contributed by atoms with van der Waals surface area (Å²) in [5.41, 5.74) is 8.27. The number of hydrogen-bond donors (Lipinski definition) is 1. The highest BCUT2D eigenvalue weighted by molar-refractivity contribution is 5.84. The fourth-order valence-corrected chi connectivity index (χ4v) is 2.52. The number of nitriles is 1. The summed E-state index contributed by atoms with van der Waals surface area (Å²) >= 11 is 0. The summed E-state index contributed by atoms with van der Waals surface area (Å²) in [5, 5.41) is 11.6. The van der Waals surface area contributed by atoms with E-state index in [1.54, 1.807) is 0 Å². The van der Waals surface area contributed by atoms with Crippen LogP contribution in [0.1, 0.15) is 30.0 Å². The number of nitrogens with two attached hydrogens (primary N) is 1. The average molecular weight is 236 g/mol. The molecule has 90 valence electrons. The number of fused-ring (bicyclic) bond motifs is 1. The predicted molar refractivity (Wildman–Crippen MR) is 72.9 cm³/mol. The summed E-state index contributed by atoms with van der Waals surface area (Å²) in [6, 6.07) is 14.9. The maximum Gasteiger partial charge on any atom is 0.0767 e. The molecule has 1 unspecified atom stereocenters. The summed E-state index contributed by atoms with van der Waals surface area (Å²) in [6.45, 7) is 2.09. The first-order valence-corrected chi connectivity index (χ1v) is 6.32. The maximum absolute atomic E-state index is 9.21. The largest absolute Gasteiger partial charge is 0.323 e. The van der Waals surface area contributed by atoms with E-state index in [9.17, 15) is 5.26 Å². The van der Waals surface area contributed by atoms with Gasteiger partial charge in [0, 0.05) is 6.04 Å². The Labute approximate surface area is 107 Å². The third-order valence-corrected chi connectivity index (χ3v) is 3.99. The molecule has 2 N–H and O–H groups in total. The smallest absolute Gasteiger partial charge is 0.0767 e. The van der Waals surface area contributed by atoms with Crippen molar-refractivity contribution in [1.29, 1.82) is 5.26 Å². The lowest BCUT2D eigenvalue weighted by atomic mass is 9.90. The van der Waals surface area contributed by atoms with Gasteiger partial charge < -0.3 is 5.73 Å². The van der Waals surface area contributed by atoms with E-state index in [-0.39, 0.29) is 11.5 Å². The van der Waals surface area contributed by atoms with Crippen LogP contribution in [0.2, 0.25) is 0 Å². The SMILES string of the molecule is Cc1ccc2cc(C(N)C3(C#N)CC3)ccc2c1. The number of aryl methyl sites for hydroxylation is 1. The van der Waals surface area contributed by atoms with Crippen molar-refractivity contribution in [1.82, 2.24) is 0 Å². The van der Waals surface area contributed by atoms with Crippen LogP contribution in [0, 0.1) is 23.7 Å². The van der Waals surface area contributed by atoms with Crippen molar-refractivity contribution in [3.05, 3.63) is 47.5 Å². The van der Waals surface area contributed by atoms with E-state index in [1.165, 1.54) is 16.3 Å². The molecule has 2 nitrogen and oxygen atoms in total. The van der Waals surface area contributed by atoms with Crippen molar-refractivity contribution in [3.63, 3.8) is 0 Å². The van der Waals surface area contributed by atoms with Gasteiger partial charge in [-0.25, -0.2) is 0 Å². The Kier molecular flexibility index (Phi) is 2.39. The molecule has 1 fully saturated rings. The van der Waals surface area contributed by atoms with Gasteiger partial charge in [-0.15, -0.1) is 0 Å². The molecule has 0 radical (unpaired) electrons. The van der Waals surface area contributed by atoms with E-state index in [0.717, 1.165) is 18.4 Å². The van der Waals surface area contributed by atoms with E-state index in [0.29, 0.717) is 0 Å². The van der Waals surface area contributed by atoms with Crippen LogP contribution in [0.3, 0.4) is 0 Å². The summed E-state index contributed by atoms with van der Waals surface area (Å²) in [6.07, 6.45) is 1.85. The molecule has 1 aliphatic rings. The Morgan fingerprint density at radius 3 is 2.50 bits per heavy atom. The maximum atomic E-state index is 9.21. The van der Waals surface area contributed by atoms with Gasteiger partial charge in [-0.3, -0.25) is 0 Å². The molecule has 0 amide bonds. The molecule has 18 heavy (non-hydrogen) atoms. The van der Waals surface area contributed by atoms with Crippen LogP contribution in [0.4, 0.5) is 0 Å². The highest BCUT2D eigenvalue weighted by Gasteiger charge is 2.49. The molecule has 2 heteroatoms. The molecule has 1 aliphatic carbocycles. The lowest BCUT2D eigenvalue weighted by Gasteiger charge is -2.17. The van der Waals surface area contributed by atoms with Gasteiger partial charge in [-0.1, -0.05) is 35.9 Å². The van der Waals surface area contributed by atoms with Crippen LogP contribution < -0.4 is 5.73 Å². The zero-order valence-electron chi connectivity index (χ0n) is 10.5. The van der Waals surface area contributed by atoms with Gasteiger partial charge in [0.25, 0.3) is 0 Å². The molecule has 0 aliphatic heterocycles. The fraction of sp³-hybridized carbons (Fsp3) is 0.312. The minimum Gasteiger partial charge on any atom is -0.323 e. The monoisotopic (exact) mass is 236 g/mol. The van der Waals surface area contributed by atoms with Gasteiger partial charge >= 0.3 is 0 Å². The Balaban J connectivity index is 2.04. The second-order valence-corrected chi connectivity index (χ2v) is 5.36. The first kappa shape index (κ1) is 11.3. The Morgan fingerprint density at radius 2 is 1.83 bits per heavy atom. The number of rotatable bonds is 2.